The third kappa shape index (κ3) is 4.46. The maximum absolute atomic E-state index is 5.88. The van der Waals surface area contributed by atoms with Crippen molar-refractivity contribution in [3.8, 4) is 11.5 Å². The van der Waals surface area contributed by atoms with Crippen molar-refractivity contribution in [2.75, 3.05) is 20.3 Å². The quantitative estimate of drug-likeness (QED) is 0.658. The van der Waals surface area contributed by atoms with Crippen LogP contribution >= 0.6 is 0 Å². The molecule has 0 saturated carbocycles. The van der Waals surface area contributed by atoms with Crippen LogP contribution in [0.15, 0.2) is 22.7 Å². The first kappa shape index (κ1) is 19.7. The van der Waals surface area contributed by atoms with Crippen molar-refractivity contribution in [3.63, 3.8) is 0 Å². The lowest BCUT2D eigenvalue weighted by atomic mass is 10.0. The van der Waals surface area contributed by atoms with Crippen LogP contribution < -0.4 is 9.47 Å². The van der Waals surface area contributed by atoms with Gasteiger partial charge in [0.15, 0.2) is 11.5 Å². The SMILES string of the molecule is CCc1onc(C)c1C1CCCN1Cc1ccc(OCC(C)C)c(OC)c1. The average molecular weight is 373 g/mol. The summed E-state index contributed by atoms with van der Waals surface area (Å²) in [6, 6.07) is 6.67. The number of ether oxygens (including phenoxy) is 2. The summed E-state index contributed by atoms with van der Waals surface area (Å²) in [5.41, 5.74) is 3.56. The maximum Gasteiger partial charge on any atom is 0.161 e. The zero-order valence-corrected chi connectivity index (χ0v) is 17.2. The Balaban J connectivity index is 1.76. The fourth-order valence-electron chi connectivity index (χ4n) is 3.87. The second-order valence-electron chi connectivity index (χ2n) is 7.78. The summed E-state index contributed by atoms with van der Waals surface area (Å²) in [6.07, 6.45) is 3.24. The molecule has 1 aromatic carbocycles. The molecular weight excluding hydrogens is 340 g/mol. The Labute approximate surface area is 162 Å². The Kier molecular flexibility index (Phi) is 6.42. The van der Waals surface area contributed by atoms with Crippen molar-refractivity contribution in [3.05, 3.63) is 40.8 Å². The van der Waals surface area contributed by atoms with Crippen molar-refractivity contribution in [1.82, 2.24) is 10.1 Å². The predicted molar refractivity (Wildman–Crippen MR) is 106 cm³/mol. The molecule has 1 aliphatic heterocycles. The zero-order chi connectivity index (χ0) is 19.4. The molecule has 2 heterocycles. The van der Waals surface area contributed by atoms with Gasteiger partial charge in [0.1, 0.15) is 5.76 Å². The lowest BCUT2D eigenvalue weighted by molar-refractivity contribution is 0.242. The van der Waals surface area contributed by atoms with Crippen LogP contribution in [0.1, 0.15) is 62.2 Å². The largest absolute Gasteiger partial charge is 0.493 e. The second kappa shape index (κ2) is 8.79. The molecule has 5 nitrogen and oxygen atoms in total. The number of benzene rings is 1. The van der Waals surface area contributed by atoms with Gasteiger partial charge in [-0.15, -0.1) is 0 Å². The number of hydrogen-bond donors (Lipinski definition) is 0. The van der Waals surface area contributed by atoms with E-state index in [2.05, 4.69) is 49.9 Å². The molecule has 1 saturated heterocycles. The van der Waals surface area contributed by atoms with Gasteiger partial charge in [0, 0.05) is 24.6 Å². The molecule has 27 heavy (non-hydrogen) atoms. The number of methoxy groups -OCH3 is 1. The van der Waals surface area contributed by atoms with E-state index in [-0.39, 0.29) is 0 Å². The Morgan fingerprint density at radius 1 is 1.30 bits per heavy atom. The highest BCUT2D eigenvalue weighted by molar-refractivity contribution is 5.43. The summed E-state index contributed by atoms with van der Waals surface area (Å²) in [7, 11) is 1.70. The first-order valence-corrected chi connectivity index (χ1v) is 10.0. The number of nitrogens with zero attached hydrogens (tertiary/aromatic N) is 2. The van der Waals surface area contributed by atoms with E-state index in [9.17, 15) is 0 Å². The van der Waals surface area contributed by atoms with Crippen LogP contribution in [0.2, 0.25) is 0 Å². The Morgan fingerprint density at radius 3 is 2.81 bits per heavy atom. The molecule has 0 spiro atoms. The van der Waals surface area contributed by atoms with Crippen molar-refractivity contribution in [2.45, 2.75) is 59.5 Å². The minimum atomic E-state index is 0.383. The molecule has 5 heteroatoms. The van der Waals surface area contributed by atoms with E-state index < -0.39 is 0 Å². The van der Waals surface area contributed by atoms with Gasteiger partial charge >= 0.3 is 0 Å². The highest BCUT2D eigenvalue weighted by atomic mass is 16.5. The van der Waals surface area contributed by atoms with Crippen LogP contribution in [0.25, 0.3) is 0 Å². The molecule has 1 atom stereocenters. The maximum atomic E-state index is 5.88. The van der Waals surface area contributed by atoms with Crippen molar-refractivity contribution >= 4 is 0 Å². The van der Waals surface area contributed by atoms with Crippen LogP contribution in [0.5, 0.6) is 11.5 Å². The van der Waals surface area contributed by atoms with E-state index >= 15 is 0 Å². The van der Waals surface area contributed by atoms with Crippen LogP contribution in [0.4, 0.5) is 0 Å². The molecule has 1 fully saturated rings. The molecule has 0 radical (unpaired) electrons. The molecule has 0 bridgehead atoms. The van der Waals surface area contributed by atoms with E-state index in [1.165, 1.54) is 17.5 Å². The number of aryl methyl sites for hydroxylation is 2. The fraction of sp³-hybridized carbons (Fsp3) is 0.591. The molecule has 0 aliphatic carbocycles. The van der Waals surface area contributed by atoms with Gasteiger partial charge in [0.2, 0.25) is 0 Å². The highest BCUT2D eigenvalue weighted by Gasteiger charge is 2.31. The van der Waals surface area contributed by atoms with Gasteiger partial charge in [-0.2, -0.15) is 0 Å². The Bertz CT molecular complexity index is 754. The molecule has 1 aromatic heterocycles. The minimum absolute atomic E-state index is 0.383. The van der Waals surface area contributed by atoms with Gasteiger partial charge in [0.05, 0.1) is 19.4 Å². The number of likely N-dealkylation sites (tertiary alicyclic amines) is 1. The zero-order valence-electron chi connectivity index (χ0n) is 17.2. The van der Waals surface area contributed by atoms with Gasteiger partial charge in [-0.3, -0.25) is 4.90 Å². The van der Waals surface area contributed by atoms with Crippen LogP contribution in [-0.4, -0.2) is 30.3 Å². The molecule has 0 N–H and O–H groups in total. The summed E-state index contributed by atoms with van der Waals surface area (Å²) in [5.74, 6) is 3.13. The summed E-state index contributed by atoms with van der Waals surface area (Å²) in [6.45, 7) is 11.1. The average Bonchev–Trinajstić information content (AvgIpc) is 3.25. The summed E-state index contributed by atoms with van der Waals surface area (Å²) in [5, 5.41) is 4.21. The first-order chi connectivity index (χ1) is 13.0. The van der Waals surface area contributed by atoms with Crippen molar-refractivity contribution in [1.29, 1.82) is 0 Å². The lowest BCUT2D eigenvalue weighted by Gasteiger charge is -2.25. The minimum Gasteiger partial charge on any atom is -0.493 e. The van der Waals surface area contributed by atoms with E-state index in [1.54, 1.807) is 7.11 Å². The van der Waals surface area contributed by atoms with Crippen molar-refractivity contribution < 1.29 is 14.0 Å². The molecular formula is C22H32N2O3. The number of hydrogen-bond acceptors (Lipinski definition) is 5. The summed E-state index contributed by atoms with van der Waals surface area (Å²) in [4.78, 5) is 2.53. The molecule has 1 unspecified atom stereocenters. The van der Waals surface area contributed by atoms with Gasteiger partial charge < -0.3 is 14.0 Å². The molecule has 0 amide bonds. The summed E-state index contributed by atoms with van der Waals surface area (Å²) < 4.78 is 17.0. The third-order valence-corrected chi connectivity index (χ3v) is 5.19. The van der Waals surface area contributed by atoms with E-state index in [0.29, 0.717) is 18.6 Å². The fourth-order valence-corrected chi connectivity index (χ4v) is 3.87. The lowest BCUT2D eigenvalue weighted by Crippen LogP contribution is -2.23. The van der Waals surface area contributed by atoms with Crippen LogP contribution in [0.3, 0.4) is 0 Å². The monoisotopic (exact) mass is 372 g/mol. The Hall–Kier alpha value is -2.01. The molecule has 1 aliphatic rings. The second-order valence-corrected chi connectivity index (χ2v) is 7.78. The van der Waals surface area contributed by atoms with Gasteiger partial charge in [-0.1, -0.05) is 32.0 Å². The number of rotatable bonds is 8. The topological polar surface area (TPSA) is 47.7 Å². The number of aromatic nitrogens is 1. The van der Waals surface area contributed by atoms with Crippen molar-refractivity contribution in [2.24, 2.45) is 5.92 Å². The predicted octanol–water partition coefficient (Wildman–Crippen LogP) is 4.93. The van der Waals surface area contributed by atoms with E-state index in [0.717, 1.165) is 48.9 Å². The van der Waals surface area contributed by atoms with Crippen LogP contribution in [-0.2, 0) is 13.0 Å². The Morgan fingerprint density at radius 2 is 2.11 bits per heavy atom. The van der Waals surface area contributed by atoms with Gasteiger partial charge in [0.25, 0.3) is 0 Å². The standard InChI is InChI=1S/C22H32N2O3/c1-6-19-22(16(4)23-27-19)18-8-7-11-24(18)13-17-9-10-20(21(12-17)25-5)26-14-15(2)3/h9-10,12,15,18H,6-8,11,13-14H2,1-5H3. The smallest absolute Gasteiger partial charge is 0.161 e. The van der Waals surface area contributed by atoms with E-state index in [4.69, 9.17) is 14.0 Å². The molecule has 3 rings (SSSR count). The molecule has 148 valence electrons. The van der Waals surface area contributed by atoms with E-state index in [1.807, 2.05) is 6.07 Å². The molecule has 2 aromatic rings. The highest BCUT2D eigenvalue weighted by Crippen LogP contribution is 2.38. The summed E-state index contributed by atoms with van der Waals surface area (Å²) >= 11 is 0. The normalized spacial score (nSPS) is 17.6. The third-order valence-electron chi connectivity index (χ3n) is 5.19. The first-order valence-electron chi connectivity index (χ1n) is 10.0. The van der Waals surface area contributed by atoms with Crippen LogP contribution in [0, 0.1) is 12.8 Å². The van der Waals surface area contributed by atoms with Gasteiger partial charge in [-0.25, -0.2) is 0 Å². The van der Waals surface area contributed by atoms with Gasteiger partial charge in [-0.05, 0) is 49.9 Å².